The van der Waals surface area contributed by atoms with Crippen LogP contribution in [0.1, 0.15) is 16.4 Å². The number of aryl methyl sites for hydroxylation is 1. The van der Waals surface area contributed by atoms with Gasteiger partial charge in [0.2, 0.25) is 0 Å². The molecule has 0 saturated heterocycles. The van der Waals surface area contributed by atoms with Crippen molar-refractivity contribution in [3.05, 3.63) is 65.5 Å². The zero-order chi connectivity index (χ0) is 13.9. The maximum Gasteiger partial charge on any atom is 0.161 e. The molecule has 2 nitrogen and oxygen atoms in total. The fraction of sp³-hybridized carbons (Fsp3) is 0.188. The van der Waals surface area contributed by atoms with Gasteiger partial charge in [-0.25, -0.2) is 4.39 Å². The van der Waals surface area contributed by atoms with Gasteiger partial charge in [0.25, 0.3) is 0 Å². The molecule has 0 aliphatic carbocycles. The minimum Gasteiger partial charge on any atom is -0.332 e. The largest absolute Gasteiger partial charge is 0.332 e. The Balaban J connectivity index is 1.72. The van der Waals surface area contributed by atoms with E-state index in [-0.39, 0.29) is 5.82 Å². The minimum atomic E-state index is -0.239. The molecule has 0 fully saturated rings. The predicted molar refractivity (Wildman–Crippen MR) is 83.8 cm³/mol. The minimum absolute atomic E-state index is 0.239. The van der Waals surface area contributed by atoms with Crippen molar-refractivity contribution in [1.82, 2.24) is 0 Å². The number of nitrogens with one attached hydrogen (secondary N) is 1. The van der Waals surface area contributed by atoms with Gasteiger partial charge in [-0.05, 0) is 24.1 Å². The smallest absolute Gasteiger partial charge is 0.161 e. The van der Waals surface area contributed by atoms with Crippen LogP contribution in [0.2, 0.25) is 0 Å². The van der Waals surface area contributed by atoms with Gasteiger partial charge in [0.1, 0.15) is 5.82 Å². The maximum atomic E-state index is 13.8. The molecule has 0 amide bonds. The van der Waals surface area contributed by atoms with Gasteiger partial charge in [-0.2, -0.15) is 0 Å². The topological polar surface area (TPSA) is 24.4 Å². The Morgan fingerprint density at radius 3 is 2.70 bits per heavy atom. The summed E-state index contributed by atoms with van der Waals surface area (Å²) in [5, 5.41) is 4.21. The molecule has 1 aliphatic rings. The summed E-state index contributed by atoms with van der Waals surface area (Å²) in [5.41, 5.74) is 2.66. The molecular formula is C16H15FN2S. The summed E-state index contributed by atoms with van der Waals surface area (Å²) in [5.74, 6) is -0.239. The van der Waals surface area contributed by atoms with Gasteiger partial charge in [-0.1, -0.05) is 54.2 Å². The number of amidine groups is 1. The maximum absolute atomic E-state index is 13.8. The van der Waals surface area contributed by atoms with Gasteiger partial charge in [-0.15, -0.1) is 0 Å². The van der Waals surface area contributed by atoms with E-state index in [1.54, 1.807) is 17.8 Å². The number of hydrogen-bond donors (Lipinski definition) is 1. The Kier molecular flexibility index (Phi) is 3.74. The van der Waals surface area contributed by atoms with Crippen LogP contribution in [0.25, 0.3) is 0 Å². The predicted octanol–water partition coefficient (Wildman–Crippen LogP) is 4.39. The van der Waals surface area contributed by atoms with E-state index in [1.165, 1.54) is 11.6 Å². The highest BCUT2D eigenvalue weighted by Gasteiger charge is 2.22. The Morgan fingerprint density at radius 2 is 1.95 bits per heavy atom. The fourth-order valence-electron chi connectivity index (χ4n) is 2.18. The van der Waals surface area contributed by atoms with Crippen molar-refractivity contribution in [3.8, 4) is 0 Å². The van der Waals surface area contributed by atoms with E-state index in [0.29, 0.717) is 10.9 Å². The summed E-state index contributed by atoms with van der Waals surface area (Å²) in [6.07, 6.45) is 0. The first-order chi connectivity index (χ1) is 9.74. The van der Waals surface area contributed by atoms with Crippen molar-refractivity contribution >= 4 is 22.6 Å². The molecule has 0 aromatic heterocycles. The number of aliphatic imine (C=N–C) groups is 1. The van der Waals surface area contributed by atoms with Gasteiger partial charge in [-0.3, -0.25) is 4.99 Å². The molecule has 1 unspecified atom stereocenters. The quantitative estimate of drug-likeness (QED) is 0.885. The van der Waals surface area contributed by atoms with Crippen LogP contribution in [0.4, 0.5) is 10.1 Å². The number of rotatable bonds is 2. The summed E-state index contributed by atoms with van der Waals surface area (Å²) < 4.78 is 13.8. The zero-order valence-electron chi connectivity index (χ0n) is 11.1. The first kappa shape index (κ1) is 13.2. The van der Waals surface area contributed by atoms with E-state index in [2.05, 4.69) is 22.4 Å². The molecule has 2 aromatic carbocycles. The van der Waals surface area contributed by atoms with Crippen molar-refractivity contribution in [1.29, 1.82) is 0 Å². The van der Waals surface area contributed by atoms with E-state index in [0.717, 1.165) is 17.3 Å². The molecule has 3 rings (SSSR count). The molecule has 1 atom stereocenters. The van der Waals surface area contributed by atoms with Crippen molar-refractivity contribution in [3.63, 3.8) is 0 Å². The van der Waals surface area contributed by atoms with E-state index < -0.39 is 0 Å². The second-order valence-corrected chi connectivity index (χ2v) is 5.91. The van der Waals surface area contributed by atoms with E-state index in [9.17, 15) is 4.39 Å². The molecule has 1 N–H and O–H groups in total. The second kappa shape index (κ2) is 5.67. The normalized spacial score (nSPS) is 17.9. The Morgan fingerprint density at radius 1 is 1.15 bits per heavy atom. The van der Waals surface area contributed by atoms with Crippen LogP contribution >= 0.6 is 11.8 Å². The zero-order valence-corrected chi connectivity index (χ0v) is 12.0. The lowest BCUT2D eigenvalue weighted by atomic mass is 10.1. The highest BCUT2D eigenvalue weighted by atomic mass is 32.2. The number of para-hydroxylation sites is 1. The molecule has 0 saturated carbocycles. The molecule has 1 aliphatic heterocycles. The van der Waals surface area contributed by atoms with E-state index in [1.807, 2.05) is 31.2 Å². The molecule has 1 heterocycles. The fourth-order valence-corrected chi connectivity index (χ4v) is 3.20. The van der Waals surface area contributed by atoms with E-state index in [4.69, 9.17) is 0 Å². The summed E-state index contributed by atoms with van der Waals surface area (Å²) in [7, 11) is 0. The van der Waals surface area contributed by atoms with Crippen LogP contribution in [-0.2, 0) is 0 Å². The lowest BCUT2D eigenvalue weighted by Gasteiger charge is -2.11. The number of halogens is 1. The monoisotopic (exact) mass is 286 g/mol. The van der Waals surface area contributed by atoms with Gasteiger partial charge in [0, 0.05) is 0 Å². The van der Waals surface area contributed by atoms with Crippen molar-refractivity contribution in [2.75, 3.05) is 11.9 Å². The highest BCUT2D eigenvalue weighted by molar-refractivity contribution is 8.14. The number of hydrogen-bond acceptors (Lipinski definition) is 3. The van der Waals surface area contributed by atoms with Crippen LogP contribution in [0.5, 0.6) is 0 Å². The number of thioether (sulfide) groups is 1. The van der Waals surface area contributed by atoms with Crippen LogP contribution < -0.4 is 5.32 Å². The van der Waals surface area contributed by atoms with Gasteiger partial charge >= 0.3 is 0 Å². The average molecular weight is 286 g/mol. The molecule has 0 spiro atoms. The Hall–Kier alpha value is -1.81. The highest BCUT2D eigenvalue weighted by Crippen LogP contribution is 2.35. The third-order valence-electron chi connectivity index (χ3n) is 3.28. The van der Waals surface area contributed by atoms with Crippen molar-refractivity contribution < 1.29 is 4.39 Å². The van der Waals surface area contributed by atoms with Crippen LogP contribution in [-0.4, -0.2) is 11.7 Å². The summed E-state index contributed by atoms with van der Waals surface area (Å²) >= 11 is 1.65. The first-order valence-corrected chi connectivity index (χ1v) is 7.40. The first-order valence-electron chi connectivity index (χ1n) is 6.52. The van der Waals surface area contributed by atoms with E-state index >= 15 is 0 Å². The lowest BCUT2D eigenvalue weighted by molar-refractivity contribution is 0.631. The molecule has 4 heteroatoms. The number of nitrogens with zero attached hydrogens (tertiary/aromatic N) is 1. The molecule has 0 radical (unpaired) electrons. The molecule has 102 valence electrons. The van der Waals surface area contributed by atoms with Gasteiger partial charge < -0.3 is 5.32 Å². The van der Waals surface area contributed by atoms with Crippen molar-refractivity contribution in [2.24, 2.45) is 4.99 Å². The SMILES string of the molecule is Cc1cccc(F)c1NC1=NCC(c2ccccc2)S1. The summed E-state index contributed by atoms with van der Waals surface area (Å²) in [4.78, 5) is 4.47. The molecular weight excluding hydrogens is 271 g/mol. The number of benzene rings is 2. The Bertz CT molecular complexity index is 620. The molecule has 0 bridgehead atoms. The lowest BCUT2D eigenvalue weighted by Crippen LogP contribution is -2.08. The second-order valence-electron chi connectivity index (χ2n) is 4.72. The Labute approximate surface area is 122 Å². The summed E-state index contributed by atoms with van der Waals surface area (Å²) in [6.45, 7) is 2.62. The number of anilines is 1. The van der Waals surface area contributed by atoms with Crippen LogP contribution in [0.15, 0.2) is 53.5 Å². The van der Waals surface area contributed by atoms with Crippen molar-refractivity contribution in [2.45, 2.75) is 12.2 Å². The molecule has 2 aromatic rings. The van der Waals surface area contributed by atoms with Crippen LogP contribution in [0.3, 0.4) is 0 Å². The summed E-state index contributed by atoms with van der Waals surface area (Å²) in [6, 6.07) is 15.3. The van der Waals surface area contributed by atoms with Gasteiger partial charge in [0.15, 0.2) is 5.17 Å². The molecule has 20 heavy (non-hydrogen) atoms. The standard InChI is InChI=1S/C16H15FN2S/c1-11-6-5-9-13(17)15(11)19-16-18-10-14(20-16)12-7-3-2-4-8-12/h2-9,14H,10H2,1H3,(H,18,19). The van der Waals surface area contributed by atoms with Gasteiger partial charge in [0.05, 0.1) is 17.5 Å². The third kappa shape index (κ3) is 2.70. The third-order valence-corrected chi connectivity index (χ3v) is 4.44. The average Bonchev–Trinajstić information content (AvgIpc) is 2.93. The van der Waals surface area contributed by atoms with Crippen LogP contribution in [0, 0.1) is 12.7 Å².